The molecule has 2 rings (SSSR count). The SMILES string of the molecule is COc1ccc(O)c(C(=O)c2ccccc2)c1. The molecule has 86 valence electrons. The summed E-state index contributed by atoms with van der Waals surface area (Å²) in [6, 6.07) is 13.4. The first-order valence-corrected chi connectivity index (χ1v) is 5.19. The summed E-state index contributed by atoms with van der Waals surface area (Å²) in [5.41, 5.74) is 0.784. The number of aromatic hydroxyl groups is 1. The largest absolute Gasteiger partial charge is 0.507 e. The van der Waals surface area contributed by atoms with E-state index in [1.165, 1.54) is 19.2 Å². The Balaban J connectivity index is 2.44. The van der Waals surface area contributed by atoms with Gasteiger partial charge in [0.15, 0.2) is 5.78 Å². The normalized spacial score (nSPS) is 9.94. The minimum atomic E-state index is -0.220. The Hall–Kier alpha value is -2.29. The van der Waals surface area contributed by atoms with Crippen molar-refractivity contribution in [3.8, 4) is 11.5 Å². The Labute approximate surface area is 99.3 Å². The molecular formula is C14H12O3. The predicted molar refractivity (Wildman–Crippen MR) is 64.5 cm³/mol. The zero-order chi connectivity index (χ0) is 12.3. The van der Waals surface area contributed by atoms with E-state index < -0.39 is 0 Å². The lowest BCUT2D eigenvalue weighted by atomic mass is 10.0. The van der Waals surface area contributed by atoms with Gasteiger partial charge in [0.05, 0.1) is 12.7 Å². The molecular weight excluding hydrogens is 216 g/mol. The Morgan fingerprint density at radius 2 is 1.82 bits per heavy atom. The van der Waals surface area contributed by atoms with Crippen molar-refractivity contribution in [2.24, 2.45) is 0 Å². The Morgan fingerprint density at radius 1 is 1.12 bits per heavy atom. The third-order valence-electron chi connectivity index (χ3n) is 2.48. The maximum atomic E-state index is 12.1. The molecule has 0 amide bonds. The third-order valence-corrected chi connectivity index (χ3v) is 2.48. The number of carbonyl (C=O) groups excluding carboxylic acids is 1. The molecule has 2 aromatic rings. The van der Waals surface area contributed by atoms with Crippen LogP contribution < -0.4 is 4.74 Å². The second kappa shape index (κ2) is 4.70. The lowest BCUT2D eigenvalue weighted by Gasteiger charge is -2.06. The van der Waals surface area contributed by atoms with Crippen LogP contribution in [0.4, 0.5) is 0 Å². The van der Waals surface area contributed by atoms with Gasteiger partial charge in [0.25, 0.3) is 0 Å². The van der Waals surface area contributed by atoms with E-state index in [1.807, 2.05) is 6.07 Å². The smallest absolute Gasteiger partial charge is 0.196 e. The van der Waals surface area contributed by atoms with E-state index in [-0.39, 0.29) is 17.1 Å². The lowest BCUT2D eigenvalue weighted by molar-refractivity contribution is 0.103. The van der Waals surface area contributed by atoms with Gasteiger partial charge in [0, 0.05) is 5.56 Å². The van der Waals surface area contributed by atoms with Gasteiger partial charge < -0.3 is 9.84 Å². The van der Waals surface area contributed by atoms with E-state index in [1.54, 1.807) is 30.3 Å². The highest BCUT2D eigenvalue weighted by Gasteiger charge is 2.13. The van der Waals surface area contributed by atoms with Crippen molar-refractivity contribution < 1.29 is 14.6 Å². The number of methoxy groups -OCH3 is 1. The van der Waals surface area contributed by atoms with Gasteiger partial charge in [0.1, 0.15) is 11.5 Å². The van der Waals surface area contributed by atoms with Gasteiger partial charge in [-0.3, -0.25) is 4.79 Å². The molecule has 0 fully saturated rings. The Bertz CT molecular complexity index is 532. The van der Waals surface area contributed by atoms with Gasteiger partial charge in [-0.05, 0) is 18.2 Å². The second-order valence-electron chi connectivity index (χ2n) is 3.58. The maximum absolute atomic E-state index is 12.1. The van der Waals surface area contributed by atoms with E-state index in [4.69, 9.17) is 4.74 Å². The van der Waals surface area contributed by atoms with E-state index >= 15 is 0 Å². The van der Waals surface area contributed by atoms with Crippen LogP contribution in [0.2, 0.25) is 0 Å². The first-order valence-electron chi connectivity index (χ1n) is 5.19. The Morgan fingerprint density at radius 3 is 2.47 bits per heavy atom. The summed E-state index contributed by atoms with van der Waals surface area (Å²) in [5.74, 6) is 0.281. The van der Waals surface area contributed by atoms with Crippen LogP contribution in [0.1, 0.15) is 15.9 Å². The second-order valence-corrected chi connectivity index (χ2v) is 3.58. The molecule has 17 heavy (non-hydrogen) atoms. The van der Waals surface area contributed by atoms with Crippen LogP contribution >= 0.6 is 0 Å². The minimum Gasteiger partial charge on any atom is -0.507 e. The fraction of sp³-hybridized carbons (Fsp3) is 0.0714. The number of hydrogen-bond donors (Lipinski definition) is 1. The molecule has 0 radical (unpaired) electrons. The highest BCUT2D eigenvalue weighted by atomic mass is 16.5. The summed E-state index contributed by atoms with van der Waals surface area (Å²) in [5, 5.41) is 9.69. The standard InChI is InChI=1S/C14H12O3/c1-17-11-7-8-13(15)12(9-11)14(16)10-5-3-2-4-6-10/h2-9,15H,1H3. The molecule has 0 saturated heterocycles. The Kier molecular flexibility index (Phi) is 3.10. The number of carbonyl (C=O) groups is 1. The number of phenolic OH excluding ortho intramolecular Hbond substituents is 1. The number of phenols is 1. The molecule has 0 saturated carbocycles. The summed E-state index contributed by atoms with van der Waals surface area (Å²) >= 11 is 0. The number of rotatable bonds is 3. The lowest BCUT2D eigenvalue weighted by Crippen LogP contribution is -2.01. The molecule has 0 aliphatic rings. The fourth-order valence-electron chi connectivity index (χ4n) is 1.57. The monoisotopic (exact) mass is 228 g/mol. The van der Waals surface area contributed by atoms with Crippen molar-refractivity contribution >= 4 is 5.78 Å². The van der Waals surface area contributed by atoms with Crippen LogP contribution in [-0.4, -0.2) is 18.0 Å². The van der Waals surface area contributed by atoms with Gasteiger partial charge in [-0.25, -0.2) is 0 Å². The number of benzene rings is 2. The third kappa shape index (κ3) is 2.28. The van der Waals surface area contributed by atoms with Crippen molar-refractivity contribution in [2.45, 2.75) is 0 Å². The number of hydrogen-bond acceptors (Lipinski definition) is 3. The van der Waals surface area contributed by atoms with Crippen molar-refractivity contribution in [1.29, 1.82) is 0 Å². The van der Waals surface area contributed by atoms with Crippen LogP contribution in [-0.2, 0) is 0 Å². The molecule has 0 atom stereocenters. The molecule has 0 aromatic heterocycles. The summed E-state index contributed by atoms with van der Waals surface area (Å²) in [4.78, 5) is 12.1. The fourth-order valence-corrected chi connectivity index (χ4v) is 1.57. The van der Waals surface area contributed by atoms with Gasteiger partial charge in [0.2, 0.25) is 0 Å². The van der Waals surface area contributed by atoms with Crippen molar-refractivity contribution in [3.05, 3.63) is 59.7 Å². The van der Waals surface area contributed by atoms with Crippen LogP contribution in [0.5, 0.6) is 11.5 Å². The molecule has 3 heteroatoms. The van der Waals surface area contributed by atoms with E-state index in [0.29, 0.717) is 11.3 Å². The molecule has 0 heterocycles. The summed E-state index contributed by atoms with van der Waals surface area (Å²) in [7, 11) is 1.52. The highest BCUT2D eigenvalue weighted by Crippen LogP contribution is 2.25. The van der Waals surface area contributed by atoms with Crippen molar-refractivity contribution in [2.75, 3.05) is 7.11 Å². The number of ether oxygens (including phenoxy) is 1. The van der Waals surface area contributed by atoms with E-state index in [2.05, 4.69) is 0 Å². The molecule has 3 nitrogen and oxygen atoms in total. The van der Waals surface area contributed by atoms with Crippen LogP contribution in [0, 0.1) is 0 Å². The summed E-state index contributed by atoms with van der Waals surface area (Å²) in [6.07, 6.45) is 0. The average Bonchev–Trinajstić information content (AvgIpc) is 2.39. The van der Waals surface area contributed by atoms with Gasteiger partial charge >= 0.3 is 0 Å². The molecule has 0 unspecified atom stereocenters. The maximum Gasteiger partial charge on any atom is 0.196 e. The van der Waals surface area contributed by atoms with Gasteiger partial charge in [-0.15, -0.1) is 0 Å². The molecule has 2 aromatic carbocycles. The predicted octanol–water partition coefficient (Wildman–Crippen LogP) is 2.63. The molecule has 0 aliphatic carbocycles. The van der Waals surface area contributed by atoms with Crippen molar-refractivity contribution in [3.63, 3.8) is 0 Å². The van der Waals surface area contributed by atoms with E-state index in [0.717, 1.165) is 0 Å². The molecule has 0 spiro atoms. The first kappa shape index (κ1) is 11.2. The quantitative estimate of drug-likeness (QED) is 0.821. The van der Waals surface area contributed by atoms with Gasteiger partial charge in [-0.1, -0.05) is 30.3 Å². The average molecular weight is 228 g/mol. The summed E-state index contributed by atoms with van der Waals surface area (Å²) < 4.78 is 5.03. The minimum absolute atomic E-state index is 0.0420. The topological polar surface area (TPSA) is 46.5 Å². The van der Waals surface area contributed by atoms with Gasteiger partial charge in [-0.2, -0.15) is 0 Å². The van der Waals surface area contributed by atoms with Crippen molar-refractivity contribution in [1.82, 2.24) is 0 Å². The van der Waals surface area contributed by atoms with Crippen LogP contribution in [0.3, 0.4) is 0 Å². The van der Waals surface area contributed by atoms with Crippen LogP contribution in [0.25, 0.3) is 0 Å². The van der Waals surface area contributed by atoms with Crippen LogP contribution in [0.15, 0.2) is 48.5 Å². The zero-order valence-electron chi connectivity index (χ0n) is 9.38. The first-order chi connectivity index (χ1) is 8.22. The summed E-state index contributed by atoms with van der Waals surface area (Å²) in [6.45, 7) is 0. The zero-order valence-corrected chi connectivity index (χ0v) is 9.38. The van der Waals surface area contributed by atoms with E-state index in [9.17, 15) is 9.90 Å². The molecule has 0 bridgehead atoms. The molecule has 1 N–H and O–H groups in total. The number of ketones is 1. The highest BCUT2D eigenvalue weighted by molar-refractivity contribution is 6.10. The molecule has 0 aliphatic heterocycles.